The molecule has 3 rings (SSSR count). The van der Waals surface area contributed by atoms with Crippen molar-refractivity contribution in [3.63, 3.8) is 0 Å². The number of aryl methyl sites for hydroxylation is 2. The SMILES string of the molecule is CC(=O)NCCCc1ccc(-c2csc(Nc3cccc(C)c3)n2)cc1. The molecule has 2 aromatic carbocycles. The van der Waals surface area contributed by atoms with Crippen LogP contribution in [0.15, 0.2) is 53.9 Å². The van der Waals surface area contributed by atoms with Crippen LogP contribution in [-0.2, 0) is 11.2 Å². The lowest BCUT2D eigenvalue weighted by molar-refractivity contribution is -0.118. The Hall–Kier alpha value is -2.66. The molecule has 0 bridgehead atoms. The van der Waals surface area contributed by atoms with Crippen molar-refractivity contribution in [3.8, 4) is 11.3 Å². The minimum Gasteiger partial charge on any atom is -0.356 e. The third-order valence-electron chi connectivity index (χ3n) is 4.04. The zero-order chi connectivity index (χ0) is 18.4. The fraction of sp³-hybridized carbons (Fsp3) is 0.238. The number of nitrogens with one attached hydrogen (secondary N) is 2. The van der Waals surface area contributed by atoms with E-state index in [0.29, 0.717) is 0 Å². The van der Waals surface area contributed by atoms with Crippen LogP contribution in [0.2, 0.25) is 0 Å². The van der Waals surface area contributed by atoms with Gasteiger partial charge in [0.05, 0.1) is 5.69 Å². The summed E-state index contributed by atoms with van der Waals surface area (Å²) in [5.41, 5.74) is 5.65. The van der Waals surface area contributed by atoms with Crippen LogP contribution in [0.1, 0.15) is 24.5 Å². The minimum absolute atomic E-state index is 0.0268. The molecule has 0 unspecified atom stereocenters. The van der Waals surface area contributed by atoms with Gasteiger partial charge in [0, 0.05) is 30.1 Å². The van der Waals surface area contributed by atoms with Gasteiger partial charge in [0.25, 0.3) is 0 Å². The molecule has 0 saturated carbocycles. The maximum Gasteiger partial charge on any atom is 0.216 e. The molecule has 1 amide bonds. The van der Waals surface area contributed by atoms with Gasteiger partial charge in [-0.2, -0.15) is 0 Å². The van der Waals surface area contributed by atoms with E-state index in [1.54, 1.807) is 18.3 Å². The van der Waals surface area contributed by atoms with Crippen molar-refractivity contribution in [3.05, 3.63) is 65.0 Å². The number of hydrogen-bond donors (Lipinski definition) is 2. The molecule has 0 fully saturated rings. The highest BCUT2D eigenvalue weighted by molar-refractivity contribution is 7.14. The first-order chi connectivity index (χ1) is 12.6. The van der Waals surface area contributed by atoms with Gasteiger partial charge in [-0.1, -0.05) is 36.4 Å². The van der Waals surface area contributed by atoms with Crippen molar-refractivity contribution >= 4 is 28.1 Å². The molecule has 0 aliphatic carbocycles. The third-order valence-corrected chi connectivity index (χ3v) is 4.80. The average molecular weight is 366 g/mol. The van der Waals surface area contributed by atoms with Crippen molar-refractivity contribution < 1.29 is 4.79 Å². The molecular formula is C21H23N3OS. The molecule has 0 radical (unpaired) electrons. The van der Waals surface area contributed by atoms with Crippen molar-refractivity contribution in [2.45, 2.75) is 26.7 Å². The highest BCUT2D eigenvalue weighted by atomic mass is 32.1. The number of nitrogens with zero attached hydrogens (tertiary/aromatic N) is 1. The Morgan fingerprint density at radius 3 is 2.69 bits per heavy atom. The number of rotatable bonds is 7. The Labute approximate surface area is 158 Å². The van der Waals surface area contributed by atoms with Crippen LogP contribution < -0.4 is 10.6 Å². The Bertz CT molecular complexity index is 871. The number of anilines is 2. The quantitative estimate of drug-likeness (QED) is 0.584. The fourth-order valence-corrected chi connectivity index (χ4v) is 3.45. The molecule has 134 valence electrons. The first-order valence-corrected chi connectivity index (χ1v) is 9.61. The average Bonchev–Trinajstić information content (AvgIpc) is 3.07. The van der Waals surface area contributed by atoms with Crippen molar-refractivity contribution in [1.29, 1.82) is 0 Å². The second-order valence-corrected chi connectivity index (χ2v) is 7.17. The first-order valence-electron chi connectivity index (χ1n) is 8.73. The lowest BCUT2D eigenvalue weighted by atomic mass is 10.1. The number of thiazole rings is 1. The molecule has 26 heavy (non-hydrogen) atoms. The van der Waals surface area contributed by atoms with E-state index in [1.165, 1.54) is 11.1 Å². The number of benzene rings is 2. The predicted octanol–water partition coefficient (Wildman–Crippen LogP) is 4.93. The maximum absolute atomic E-state index is 10.9. The number of aromatic nitrogens is 1. The molecule has 0 atom stereocenters. The monoisotopic (exact) mass is 365 g/mol. The molecule has 1 heterocycles. The molecular weight excluding hydrogens is 342 g/mol. The normalized spacial score (nSPS) is 10.5. The standard InChI is InChI=1S/C21H23N3OS/c1-15-5-3-7-19(13-15)23-21-24-20(14-26-21)18-10-8-17(9-11-18)6-4-12-22-16(2)25/h3,5,7-11,13-14H,4,6,12H2,1-2H3,(H,22,25)(H,23,24). The van der Waals surface area contributed by atoms with Gasteiger partial charge in [0.15, 0.2) is 5.13 Å². The van der Waals surface area contributed by atoms with Crippen LogP contribution in [0.5, 0.6) is 0 Å². The molecule has 5 heteroatoms. The van der Waals surface area contributed by atoms with E-state index in [2.05, 4.69) is 64.3 Å². The van der Waals surface area contributed by atoms with Crippen LogP contribution in [0.3, 0.4) is 0 Å². The van der Waals surface area contributed by atoms with Crippen LogP contribution in [-0.4, -0.2) is 17.4 Å². The van der Waals surface area contributed by atoms with Crippen molar-refractivity contribution in [2.24, 2.45) is 0 Å². The molecule has 0 aliphatic rings. The second-order valence-electron chi connectivity index (χ2n) is 6.32. The van der Waals surface area contributed by atoms with Gasteiger partial charge in [-0.15, -0.1) is 11.3 Å². The fourth-order valence-electron chi connectivity index (χ4n) is 2.71. The summed E-state index contributed by atoms with van der Waals surface area (Å²) in [7, 11) is 0. The van der Waals surface area contributed by atoms with Crippen LogP contribution in [0.4, 0.5) is 10.8 Å². The van der Waals surface area contributed by atoms with E-state index in [1.807, 2.05) is 12.1 Å². The van der Waals surface area contributed by atoms with Crippen molar-refractivity contribution in [2.75, 3.05) is 11.9 Å². The zero-order valence-electron chi connectivity index (χ0n) is 15.1. The van der Waals surface area contributed by atoms with Gasteiger partial charge in [0.2, 0.25) is 5.91 Å². The van der Waals surface area contributed by atoms with Crippen LogP contribution >= 0.6 is 11.3 Å². The molecule has 3 aromatic rings. The lowest BCUT2D eigenvalue weighted by Crippen LogP contribution is -2.21. The van der Waals surface area contributed by atoms with Crippen molar-refractivity contribution in [1.82, 2.24) is 10.3 Å². The van der Waals surface area contributed by atoms with Crippen LogP contribution in [0.25, 0.3) is 11.3 Å². The maximum atomic E-state index is 10.9. The Kier molecular flexibility index (Phi) is 6.02. The van der Waals surface area contributed by atoms with E-state index >= 15 is 0 Å². The summed E-state index contributed by atoms with van der Waals surface area (Å²) in [6.45, 7) is 4.35. The van der Waals surface area contributed by atoms with E-state index in [4.69, 9.17) is 0 Å². The number of hydrogen-bond acceptors (Lipinski definition) is 4. The number of carbonyl (C=O) groups is 1. The molecule has 0 saturated heterocycles. The number of carbonyl (C=O) groups excluding carboxylic acids is 1. The summed E-state index contributed by atoms with van der Waals surface area (Å²) in [5, 5.41) is 9.15. The first kappa shape index (κ1) is 18.1. The van der Waals surface area contributed by atoms with Gasteiger partial charge in [-0.05, 0) is 43.0 Å². The minimum atomic E-state index is 0.0268. The van der Waals surface area contributed by atoms with E-state index < -0.39 is 0 Å². The summed E-state index contributed by atoms with van der Waals surface area (Å²) in [6.07, 6.45) is 1.90. The van der Waals surface area contributed by atoms with E-state index in [9.17, 15) is 4.79 Å². The highest BCUT2D eigenvalue weighted by Gasteiger charge is 2.05. The summed E-state index contributed by atoms with van der Waals surface area (Å²) in [5.74, 6) is 0.0268. The third kappa shape index (κ3) is 5.17. The summed E-state index contributed by atoms with van der Waals surface area (Å²) >= 11 is 1.61. The summed E-state index contributed by atoms with van der Waals surface area (Å²) in [4.78, 5) is 15.6. The van der Waals surface area contributed by atoms with E-state index in [0.717, 1.165) is 41.5 Å². The summed E-state index contributed by atoms with van der Waals surface area (Å²) < 4.78 is 0. The molecule has 0 spiro atoms. The summed E-state index contributed by atoms with van der Waals surface area (Å²) in [6, 6.07) is 16.8. The van der Waals surface area contributed by atoms with Gasteiger partial charge < -0.3 is 10.6 Å². The Morgan fingerprint density at radius 2 is 1.96 bits per heavy atom. The van der Waals surface area contributed by atoms with Gasteiger partial charge in [-0.3, -0.25) is 4.79 Å². The smallest absolute Gasteiger partial charge is 0.216 e. The molecule has 2 N–H and O–H groups in total. The Morgan fingerprint density at radius 1 is 1.15 bits per heavy atom. The van der Waals surface area contributed by atoms with Gasteiger partial charge in [0.1, 0.15) is 0 Å². The topological polar surface area (TPSA) is 54.0 Å². The van der Waals surface area contributed by atoms with Gasteiger partial charge >= 0.3 is 0 Å². The highest BCUT2D eigenvalue weighted by Crippen LogP contribution is 2.27. The van der Waals surface area contributed by atoms with Crippen LogP contribution in [0, 0.1) is 6.92 Å². The predicted molar refractivity (Wildman–Crippen MR) is 109 cm³/mol. The lowest BCUT2D eigenvalue weighted by Gasteiger charge is -2.04. The van der Waals surface area contributed by atoms with E-state index in [-0.39, 0.29) is 5.91 Å². The largest absolute Gasteiger partial charge is 0.356 e. The van der Waals surface area contributed by atoms with Gasteiger partial charge in [-0.25, -0.2) is 4.98 Å². The molecule has 1 aromatic heterocycles. The Balaban J connectivity index is 1.59. The zero-order valence-corrected chi connectivity index (χ0v) is 15.9. The molecule has 0 aliphatic heterocycles. The second kappa shape index (κ2) is 8.63. The molecule has 4 nitrogen and oxygen atoms in total. The number of amides is 1.